The first-order chi connectivity index (χ1) is 34.0. The summed E-state index contributed by atoms with van der Waals surface area (Å²) in [7, 11) is 0. The zero-order valence-electron chi connectivity index (χ0n) is 45.6. The van der Waals surface area contributed by atoms with Gasteiger partial charge in [0, 0.05) is 19.3 Å². The minimum absolute atomic E-state index is 0.0876. The quantitative estimate of drug-likeness (QED) is 0.0262. The van der Waals surface area contributed by atoms with E-state index in [4.69, 9.17) is 14.2 Å². The molecule has 0 bridgehead atoms. The number of ether oxygens (including phenoxy) is 3. The van der Waals surface area contributed by atoms with Gasteiger partial charge in [0.25, 0.3) is 0 Å². The standard InChI is InChI=1S/C63H110O6/c1-4-7-10-13-16-19-22-25-28-30-31-33-36-38-41-44-47-50-53-56-62(65)68-59-60(69-63(66)57-54-51-48-45-42-39-34-27-24-21-18-15-12-9-6-3)58-67-61(64)55-52-49-46-43-40-37-35-32-29-26-23-20-17-14-11-8-5-2/h16-17,19-20,25-29,34-35,37,60H,4-15,18,21-24,30-33,36,38-59H2,1-3H3/b19-16-,20-17-,28-25-,29-26-,34-27-,37-35-/t60-/m0/s1. The Hall–Kier alpha value is -3.15. The topological polar surface area (TPSA) is 78.9 Å². The highest BCUT2D eigenvalue weighted by molar-refractivity contribution is 5.71. The predicted octanol–water partition coefficient (Wildman–Crippen LogP) is 19.8. The van der Waals surface area contributed by atoms with Gasteiger partial charge in [-0.05, 0) is 116 Å². The smallest absolute Gasteiger partial charge is 0.306 e. The van der Waals surface area contributed by atoms with Gasteiger partial charge in [-0.2, -0.15) is 0 Å². The molecule has 0 fully saturated rings. The van der Waals surface area contributed by atoms with Gasteiger partial charge in [0.15, 0.2) is 6.10 Å². The molecule has 0 heterocycles. The number of esters is 3. The lowest BCUT2D eigenvalue weighted by atomic mass is 10.1. The van der Waals surface area contributed by atoms with Crippen LogP contribution in [0.5, 0.6) is 0 Å². The third-order valence-electron chi connectivity index (χ3n) is 12.7. The predicted molar refractivity (Wildman–Crippen MR) is 298 cm³/mol. The first kappa shape index (κ1) is 65.8. The van der Waals surface area contributed by atoms with Crippen molar-refractivity contribution in [2.45, 2.75) is 297 Å². The van der Waals surface area contributed by atoms with E-state index < -0.39 is 6.10 Å². The van der Waals surface area contributed by atoms with Crippen molar-refractivity contribution in [3.63, 3.8) is 0 Å². The van der Waals surface area contributed by atoms with Crippen molar-refractivity contribution in [2.24, 2.45) is 0 Å². The highest BCUT2D eigenvalue weighted by Gasteiger charge is 2.19. The van der Waals surface area contributed by atoms with Gasteiger partial charge in [-0.25, -0.2) is 0 Å². The molecule has 0 amide bonds. The molecule has 6 nitrogen and oxygen atoms in total. The van der Waals surface area contributed by atoms with E-state index in [1.807, 2.05) is 0 Å². The molecule has 398 valence electrons. The van der Waals surface area contributed by atoms with Gasteiger partial charge in [0.1, 0.15) is 13.2 Å². The van der Waals surface area contributed by atoms with Crippen molar-refractivity contribution < 1.29 is 28.6 Å². The molecule has 0 aromatic rings. The zero-order chi connectivity index (χ0) is 50.0. The van der Waals surface area contributed by atoms with Crippen molar-refractivity contribution in [1.82, 2.24) is 0 Å². The maximum Gasteiger partial charge on any atom is 0.306 e. The summed E-state index contributed by atoms with van der Waals surface area (Å²) in [5, 5.41) is 0. The van der Waals surface area contributed by atoms with E-state index in [-0.39, 0.29) is 31.1 Å². The van der Waals surface area contributed by atoms with E-state index in [1.165, 1.54) is 148 Å². The van der Waals surface area contributed by atoms with Crippen molar-refractivity contribution in [1.29, 1.82) is 0 Å². The Balaban J connectivity index is 4.42. The van der Waals surface area contributed by atoms with E-state index >= 15 is 0 Å². The van der Waals surface area contributed by atoms with Gasteiger partial charge in [0.2, 0.25) is 0 Å². The van der Waals surface area contributed by atoms with Gasteiger partial charge in [-0.1, -0.05) is 229 Å². The molecule has 0 aromatic heterocycles. The van der Waals surface area contributed by atoms with E-state index in [2.05, 4.69) is 93.7 Å². The summed E-state index contributed by atoms with van der Waals surface area (Å²) >= 11 is 0. The molecule has 0 aromatic carbocycles. The van der Waals surface area contributed by atoms with Crippen LogP contribution in [0.3, 0.4) is 0 Å². The molecule has 0 N–H and O–H groups in total. The minimum Gasteiger partial charge on any atom is -0.462 e. The fourth-order valence-corrected chi connectivity index (χ4v) is 8.18. The Kier molecular flexibility index (Phi) is 54.8. The van der Waals surface area contributed by atoms with Crippen LogP contribution in [0.25, 0.3) is 0 Å². The largest absolute Gasteiger partial charge is 0.462 e. The monoisotopic (exact) mass is 963 g/mol. The molecule has 0 spiro atoms. The third-order valence-corrected chi connectivity index (χ3v) is 12.7. The summed E-state index contributed by atoms with van der Waals surface area (Å²) in [6, 6.07) is 0. The molecule has 0 aliphatic heterocycles. The summed E-state index contributed by atoms with van der Waals surface area (Å²) in [4.78, 5) is 38.2. The van der Waals surface area contributed by atoms with Crippen LogP contribution < -0.4 is 0 Å². The maximum absolute atomic E-state index is 12.9. The van der Waals surface area contributed by atoms with Crippen molar-refractivity contribution >= 4 is 17.9 Å². The van der Waals surface area contributed by atoms with Gasteiger partial charge in [-0.3, -0.25) is 14.4 Å². The fraction of sp³-hybridized carbons (Fsp3) is 0.762. The third kappa shape index (κ3) is 55.6. The molecule has 69 heavy (non-hydrogen) atoms. The molecule has 0 aliphatic rings. The van der Waals surface area contributed by atoms with Crippen molar-refractivity contribution in [3.8, 4) is 0 Å². The Morgan fingerprint density at radius 1 is 0.290 bits per heavy atom. The number of rotatable bonds is 53. The molecule has 0 unspecified atom stereocenters. The molecule has 6 heteroatoms. The van der Waals surface area contributed by atoms with Crippen molar-refractivity contribution in [2.75, 3.05) is 13.2 Å². The maximum atomic E-state index is 12.9. The molecule has 1 atom stereocenters. The summed E-state index contributed by atoms with van der Waals surface area (Å²) in [6.45, 7) is 6.57. The van der Waals surface area contributed by atoms with Crippen LogP contribution >= 0.6 is 0 Å². The lowest BCUT2D eigenvalue weighted by molar-refractivity contribution is -0.167. The molecule has 0 aliphatic carbocycles. The lowest BCUT2D eigenvalue weighted by Gasteiger charge is -2.18. The summed E-state index contributed by atoms with van der Waals surface area (Å²) in [6.07, 6.45) is 73.1. The Morgan fingerprint density at radius 2 is 0.522 bits per heavy atom. The second-order valence-electron chi connectivity index (χ2n) is 19.5. The Morgan fingerprint density at radius 3 is 0.855 bits per heavy atom. The molecular weight excluding hydrogens is 853 g/mol. The van der Waals surface area contributed by atoms with Crippen LogP contribution in [0.1, 0.15) is 290 Å². The van der Waals surface area contributed by atoms with E-state index in [9.17, 15) is 14.4 Å². The van der Waals surface area contributed by atoms with Crippen LogP contribution in [-0.4, -0.2) is 37.2 Å². The molecule has 0 saturated carbocycles. The summed E-state index contributed by atoms with van der Waals surface area (Å²) in [5.74, 6) is -0.913. The molecular formula is C63H110O6. The van der Waals surface area contributed by atoms with Gasteiger partial charge < -0.3 is 14.2 Å². The Labute approximate surface area is 427 Å². The first-order valence-corrected chi connectivity index (χ1v) is 29.4. The average Bonchev–Trinajstić information content (AvgIpc) is 3.35. The molecule has 0 rings (SSSR count). The normalized spacial score (nSPS) is 12.6. The number of allylic oxidation sites excluding steroid dienone is 12. The molecule has 0 saturated heterocycles. The van der Waals surface area contributed by atoms with Crippen LogP contribution in [0.15, 0.2) is 72.9 Å². The van der Waals surface area contributed by atoms with Gasteiger partial charge in [0.05, 0.1) is 0 Å². The number of carbonyl (C=O) groups excluding carboxylic acids is 3. The van der Waals surface area contributed by atoms with Gasteiger partial charge in [-0.15, -0.1) is 0 Å². The average molecular weight is 964 g/mol. The number of hydrogen-bond donors (Lipinski definition) is 0. The SMILES string of the molecule is CCCCC/C=C\C/C=C\C/C=C\CCCCCCC(=O)OC[C@@H](COC(=O)CCCCCCCCCCC/C=C\C/C=C\CCCCC)OC(=O)CCCCCCC/C=C\CCCCCCCC. The highest BCUT2D eigenvalue weighted by atomic mass is 16.6. The van der Waals surface area contributed by atoms with E-state index in [0.29, 0.717) is 19.3 Å². The summed E-state index contributed by atoms with van der Waals surface area (Å²) in [5.41, 5.74) is 0. The Bertz CT molecular complexity index is 1290. The summed E-state index contributed by atoms with van der Waals surface area (Å²) < 4.78 is 16.9. The van der Waals surface area contributed by atoms with Crippen LogP contribution in [-0.2, 0) is 28.6 Å². The second-order valence-corrected chi connectivity index (χ2v) is 19.5. The van der Waals surface area contributed by atoms with Crippen LogP contribution in [0.4, 0.5) is 0 Å². The minimum atomic E-state index is -0.791. The fourth-order valence-electron chi connectivity index (χ4n) is 8.18. The lowest BCUT2D eigenvalue weighted by Crippen LogP contribution is -2.30. The molecule has 0 radical (unpaired) electrons. The first-order valence-electron chi connectivity index (χ1n) is 29.4. The second kappa shape index (κ2) is 57.4. The number of hydrogen-bond acceptors (Lipinski definition) is 6. The number of carbonyl (C=O) groups is 3. The zero-order valence-corrected chi connectivity index (χ0v) is 45.6. The van der Waals surface area contributed by atoms with Crippen LogP contribution in [0, 0.1) is 0 Å². The van der Waals surface area contributed by atoms with E-state index in [1.54, 1.807) is 0 Å². The van der Waals surface area contributed by atoms with Crippen LogP contribution in [0.2, 0.25) is 0 Å². The van der Waals surface area contributed by atoms with E-state index in [0.717, 1.165) is 103 Å². The van der Waals surface area contributed by atoms with Crippen molar-refractivity contribution in [3.05, 3.63) is 72.9 Å². The number of unbranched alkanes of at least 4 members (excludes halogenated alkanes) is 30. The highest BCUT2D eigenvalue weighted by Crippen LogP contribution is 2.15. The van der Waals surface area contributed by atoms with Gasteiger partial charge >= 0.3 is 17.9 Å².